The minimum Gasteiger partial charge on any atom is -0.341 e. The molecule has 1 amide bonds. The fourth-order valence-corrected chi connectivity index (χ4v) is 4.64. The van der Waals surface area contributed by atoms with Crippen molar-refractivity contribution in [1.29, 1.82) is 0 Å². The van der Waals surface area contributed by atoms with Gasteiger partial charge in [-0.05, 0) is 25.0 Å². The van der Waals surface area contributed by atoms with E-state index in [2.05, 4.69) is 10.2 Å². The summed E-state index contributed by atoms with van der Waals surface area (Å²) < 4.78 is 24.8. The van der Waals surface area contributed by atoms with Gasteiger partial charge in [0.25, 0.3) is 0 Å². The zero-order chi connectivity index (χ0) is 17.0. The van der Waals surface area contributed by atoms with E-state index < -0.39 is 9.84 Å². The van der Waals surface area contributed by atoms with Gasteiger partial charge in [-0.2, -0.15) is 0 Å². The molecule has 1 aromatic rings. The quantitative estimate of drug-likeness (QED) is 0.808. The van der Waals surface area contributed by atoms with E-state index in [0.717, 1.165) is 39.0 Å². The van der Waals surface area contributed by atoms with Crippen molar-refractivity contribution >= 4 is 28.2 Å². The molecule has 0 saturated carbocycles. The van der Waals surface area contributed by atoms with Crippen molar-refractivity contribution in [2.24, 2.45) is 0 Å². The topological polar surface area (TPSA) is 69.7 Å². The maximum absolute atomic E-state index is 12.5. The summed E-state index contributed by atoms with van der Waals surface area (Å²) in [5.74, 6) is 0.241. The summed E-state index contributed by atoms with van der Waals surface area (Å²) in [6, 6.07) is 8.34. The number of hydrogen-bond acceptors (Lipinski definition) is 5. The molecule has 2 aliphatic rings. The van der Waals surface area contributed by atoms with Crippen LogP contribution in [0.3, 0.4) is 0 Å². The van der Waals surface area contributed by atoms with Crippen LogP contribution in [0, 0.1) is 0 Å². The average Bonchev–Trinajstić information content (AvgIpc) is 3.15. The Labute approximate surface area is 155 Å². The van der Waals surface area contributed by atoms with Gasteiger partial charge in [-0.25, -0.2) is 8.42 Å². The van der Waals surface area contributed by atoms with Crippen LogP contribution in [0.4, 0.5) is 0 Å². The van der Waals surface area contributed by atoms with Gasteiger partial charge in [-0.15, -0.1) is 12.4 Å². The van der Waals surface area contributed by atoms with Crippen LogP contribution >= 0.6 is 12.4 Å². The molecule has 0 bridgehead atoms. The minimum absolute atomic E-state index is 0. The third kappa shape index (κ3) is 5.17. The van der Waals surface area contributed by atoms with Gasteiger partial charge in [0.1, 0.15) is 0 Å². The maximum atomic E-state index is 12.5. The van der Waals surface area contributed by atoms with E-state index >= 15 is 0 Å². The normalized spacial score (nSPS) is 21.8. The number of halogens is 1. The number of amides is 1. The highest BCUT2D eigenvalue weighted by atomic mass is 35.5. The lowest BCUT2D eigenvalue weighted by atomic mass is 10.2. The molecule has 2 heterocycles. The number of piperazine rings is 1. The third-order valence-electron chi connectivity index (χ3n) is 4.75. The summed E-state index contributed by atoms with van der Waals surface area (Å²) in [7, 11) is -3.27. The Bertz CT molecular complexity index is 663. The van der Waals surface area contributed by atoms with Crippen LogP contribution in [0.5, 0.6) is 0 Å². The van der Waals surface area contributed by atoms with E-state index in [-0.39, 0.29) is 30.1 Å². The first-order chi connectivity index (χ1) is 11.6. The van der Waals surface area contributed by atoms with Gasteiger partial charge < -0.3 is 10.2 Å². The average molecular weight is 388 g/mol. The largest absolute Gasteiger partial charge is 0.341 e. The minimum atomic E-state index is -3.27. The molecule has 0 spiro atoms. The number of benzene rings is 1. The zero-order valence-corrected chi connectivity index (χ0v) is 15.9. The molecule has 2 aliphatic heterocycles. The fourth-order valence-electron chi connectivity index (χ4n) is 3.33. The van der Waals surface area contributed by atoms with E-state index in [1.807, 2.05) is 11.0 Å². The van der Waals surface area contributed by atoms with Crippen LogP contribution in [0.2, 0.25) is 0 Å². The maximum Gasteiger partial charge on any atom is 0.241 e. The lowest BCUT2D eigenvalue weighted by Gasteiger charge is -2.34. The van der Waals surface area contributed by atoms with Gasteiger partial charge in [0.05, 0.1) is 16.7 Å². The molecule has 0 radical (unpaired) electrons. The van der Waals surface area contributed by atoms with Crippen molar-refractivity contribution in [3.8, 4) is 0 Å². The summed E-state index contributed by atoms with van der Waals surface area (Å²) in [5.41, 5.74) is 0. The summed E-state index contributed by atoms with van der Waals surface area (Å²) in [4.78, 5) is 16.9. The number of rotatable bonds is 5. The van der Waals surface area contributed by atoms with Gasteiger partial charge in [-0.1, -0.05) is 18.2 Å². The third-order valence-corrected chi connectivity index (χ3v) is 6.46. The van der Waals surface area contributed by atoms with Gasteiger partial charge in [0.15, 0.2) is 9.84 Å². The summed E-state index contributed by atoms with van der Waals surface area (Å²) in [6.07, 6.45) is 2.16. The van der Waals surface area contributed by atoms with Crippen LogP contribution in [-0.2, 0) is 14.6 Å². The highest BCUT2D eigenvalue weighted by Gasteiger charge is 2.30. The van der Waals surface area contributed by atoms with Crippen molar-refractivity contribution in [3.05, 3.63) is 30.3 Å². The van der Waals surface area contributed by atoms with E-state index in [1.54, 1.807) is 24.3 Å². The van der Waals surface area contributed by atoms with E-state index in [4.69, 9.17) is 0 Å². The predicted molar refractivity (Wildman–Crippen MR) is 99.8 cm³/mol. The molecule has 6 nitrogen and oxygen atoms in total. The Balaban J connectivity index is 0.00000225. The molecule has 3 rings (SSSR count). The highest BCUT2D eigenvalue weighted by molar-refractivity contribution is 7.91. The standard InChI is InChI=1S/C17H25N3O3S.ClH/c21-17(20-9-4-5-10-20)16-14-19(11-8-18-16)12-13-24(22,23)15-6-2-1-3-7-15;/h1-3,6-7,16,18H,4-5,8-14H2;1H. The molecule has 1 aromatic carbocycles. The Hall–Kier alpha value is -1.15. The number of carbonyl (C=O) groups excluding carboxylic acids is 1. The SMILES string of the molecule is Cl.O=C(C1CN(CCS(=O)(=O)c2ccccc2)CCN1)N1CCCC1. The molecule has 8 heteroatoms. The molecule has 0 aromatic heterocycles. The van der Waals surface area contributed by atoms with Crippen LogP contribution < -0.4 is 5.32 Å². The molecule has 2 fully saturated rings. The van der Waals surface area contributed by atoms with Crippen LogP contribution in [0.1, 0.15) is 12.8 Å². The monoisotopic (exact) mass is 387 g/mol. The Morgan fingerprint density at radius 2 is 1.80 bits per heavy atom. The number of nitrogens with one attached hydrogen (secondary N) is 1. The first-order valence-electron chi connectivity index (χ1n) is 8.58. The van der Waals surface area contributed by atoms with Crippen molar-refractivity contribution in [2.45, 2.75) is 23.8 Å². The Kier molecular flexibility index (Phi) is 7.25. The molecular weight excluding hydrogens is 362 g/mol. The molecular formula is C17H26ClN3O3S. The van der Waals surface area contributed by atoms with E-state index in [0.29, 0.717) is 18.0 Å². The predicted octanol–water partition coefficient (Wildman–Crippen LogP) is 0.778. The van der Waals surface area contributed by atoms with Crippen molar-refractivity contribution in [3.63, 3.8) is 0 Å². The second kappa shape index (κ2) is 8.98. The van der Waals surface area contributed by atoms with E-state index in [1.165, 1.54) is 0 Å². The molecule has 140 valence electrons. The van der Waals surface area contributed by atoms with Crippen LogP contribution in [0.25, 0.3) is 0 Å². The molecule has 1 N–H and O–H groups in total. The molecule has 1 atom stereocenters. The van der Waals surface area contributed by atoms with Gasteiger partial charge in [0.2, 0.25) is 5.91 Å². The Morgan fingerprint density at radius 1 is 1.12 bits per heavy atom. The zero-order valence-electron chi connectivity index (χ0n) is 14.3. The summed E-state index contributed by atoms with van der Waals surface area (Å²) >= 11 is 0. The molecule has 1 unspecified atom stereocenters. The number of likely N-dealkylation sites (tertiary alicyclic amines) is 1. The second-order valence-corrected chi connectivity index (χ2v) is 8.58. The first-order valence-corrected chi connectivity index (χ1v) is 10.2. The van der Waals surface area contributed by atoms with Crippen molar-refractivity contribution in [2.75, 3.05) is 45.0 Å². The smallest absolute Gasteiger partial charge is 0.241 e. The lowest BCUT2D eigenvalue weighted by Crippen LogP contribution is -2.58. The molecule has 0 aliphatic carbocycles. The number of sulfone groups is 1. The van der Waals surface area contributed by atoms with Gasteiger partial charge >= 0.3 is 0 Å². The Morgan fingerprint density at radius 3 is 2.48 bits per heavy atom. The van der Waals surface area contributed by atoms with Gasteiger partial charge in [0, 0.05) is 39.3 Å². The fraction of sp³-hybridized carbons (Fsp3) is 0.588. The van der Waals surface area contributed by atoms with Crippen molar-refractivity contribution < 1.29 is 13.2 Å². The van der Waals surface area contributed by atoms with Crippen LogP contribution in [-0.4, -0.2) is 75.2 Å². The number of carbonyl (C=O) groups is 1. The van der Waals surface area contributed by atoms with E-state index in [9.17, 15) is 13.2 Å². The second-order valence-electron chi connectivity index (χ2n) is 6.47. The van der Waals surface area contributed by atoms with Gasteiger partial charge in [-0.3, -0.25) is 9.69 Å². The highest BCUT2D eigenvalue weighted by Crippen LogP contribution is 2.13. The summed E-state index contributed by atoms with van der Waals surface area (Å²) in [6.45, 7) is 4.23. The van der Waals surface area contributed by atoms with Crippen LogP contribution in [0.15, 0.2) is 35.2 Å². The number of nitrogens with zero attached hydrogens (tertiary/aromatic N) is 2. The van der Waals surface area contributed by atoms with Crippen molar-refractivity contribution in [1.82, 2.24) is 15.1 Å². The molecule has 25 heavy (non-hydrogen) atoms. The first kappa shape index (κ1) is 20.2. The summed E-state index contributed by atoms with van der Waals surface area (Å²) in [5, 5.41) is 3.27. The molecule has 2 saturated heterocycles. The number of hydrogen-bond donors (Lipinski definition) is 1. The lowest BCUT2D eigenvalue weighted by molar-refractivity contribution is -0.133.